The van der Waals surface area contributed by atoms with Crippen LogP contribution in [0.5, 0.6) is 0 Å². The molecule has 3 heteroatoms. The van der Waals surface area contributed by atoms with Crippen molar-refractivity contribution in [2.75, 3.05) is 13.6 Å². The van der Waals surface area contributed by atoms with Gasteiger partial charge in [-0.3, -0.25) is 0 Å². The Hall–Kier alpha value is -0.600. The van der Waals surface area contributed by atoms with Crippen LogP contribution in [-0.4, -0.2) is 13.6 Å². The van der Waals surface area contributed by atoms with Crippen LogP contribution in [0.1, 0.15) is 11.7 Å². The predicted molar refractivity (Wildman–Crippen MR) is 49.2 cm³/mol. The van der Waals surface area contributed by atoms with E-state index in [4.69, 9.17) is 11.6 Å². The lowest BCUT2D eigenvalue weighted by atomic mass is 10.1. The van der Waals surface area contributed by atoms with Gasteiger partial charge in [0.05, 0.1) is 0 Å². The van der Waals surface area contributed by atoms with Gasteiger partial charge in [0.25, 0.3) is 0 Å². The average Bonchev–Trinajstić information content (AvgIpc) is 2.06. The zero-order valence-electron chi connectivity index (χ0n) is 6.85. The zero-order chi connectivity index (χ0) is 8.97. The molecule has 0 aliphatic heterocycles. The Kier molecular flexibility index (Phi) is 3.50. The predicted octanol–water partition coefficient (Wildman–Crippen LogP) is 2.57. The number of nitrogens with one attached hydrogen (secondary N) is 1. The molecule has 0 spiro atoms. The summed E-state index contributed by atoms with van der Waals surface area (Å²) in [5, 5.41) is 3.41. The van der Waals surface area contributed by atoms with Gasteiger partial charge in [-0.25, -0.2) is 4.39 Å². The van der Waals surface area contributed by atoms with Crippen molar-refractivity contribution < 1.29 is 4.39 Å². The zero-order valence-corrected chi connectivity index (χ0v) is 7.61. The van der Waals surface area contributed by atoms with E-state index in [1.807, 2.05) is 0 Å². The van der Waals surface area contributed by atoms with Gasteiger partial charge in [0.2, 0.25) is 0 Å². The number of hydrogen-bond donors (Lipinski definition) is 1. The highest BCUT2D eigenvalue weighted by Gasteiger charge is 2.06. The van der Waals surface area contributed by atoms with Crippen LogP contribution in [0.25, 0.3) is 0 Å². The summed E-state index contributed by atoms with van der Waals surface area (Å²) in [5.74, 6) is 0. The summed E-state index contributed by atoms with van der Waals surface area (Å²) in [7, 11) is 1.72. The molecule has 0 aliphatic carbocycles. The molecule has 12 heavy (non-hydrogen) atoms. The van der Waals surface area contributed by atoms with E-state index in [2.05, 4.69) is 5.32 Å². The third-order valence-electron chi connectivity index (χ3n) is 1.62. The quantitative estimate of drug-likeness (QED) is 0.767. The molecule has 0 unspecified atom stereocenters. The first-order valence-corrected chi connectivity index (χ1v) is 4.16. The van der Waals surface area contributed by atoms with Crippen molar-refractivity contribution in [3.8, 4) is 0 Å². The molecule has 1 rings (SSSR count). The number of hydrogen-bond acceptors (Lipinski definition) is 1. The summed E-state index contributed by atoms with van der Waals surface area (Å²) in [6.45, 7) is 0.335. The van der Waals surface area contributed by atoms with E-state index in [0.717, 1.165) is 0 Å². The third kappa shape index (κ3) is 2.47. The lowest BCUT2D eigenvalue weighted by molar-refractivity contribution is 0.335. The summed E-state index contributed by atoms with van der Waals surface area (Å²) in [5.41, 5.74) is 0.661. The van der Waals surface area contributed by atoms with Crippen LogP contribution in [-0.2, 0) is 0 Å². The van der Waals surface area contributed by atoms with Gasteiger partial charge in [-0.15, -0.1) is 0 Å². The number of rotatable bonds is 3. The minimum Gasteiger partial charge on any atom is -0.317 e. The first kappa shape index (κ1) is 9.49. The van der Waals surface area contributed by atoms with Gasteiger partial charge < -0.3 is 5.32 Å². The standard InChI is InChI=1S/C9H11ClFN/c1-12-6-9(11)7-2-4-8(10)5-3-7/h2-5,9,12H,6H2,1H3/t9-/m0/s1. The molecule has 0 bridgehead atoms. The summed E-state index contributed by atoms with van der Waals surface area (Å²) < 4.78 is 13.2. The minimum absolute atomic E-state index is 0.335. The fraction of sp³-hybridized carbons (Fsp3) is 0.333. The molecule has 0 aromatic heterocycles. The van der Waals surface area contributed by atoms with Gasteiger partial charge in [0, 0.05) is 11.6 Å². The van der Waals surface area contributed by atoms with Crippen molar-refractivity contribution in [2.24, 2.45) is 0 Å². The molecule has 0 saturated carbocycles. The second kappa shape index (κ2) is 4.43. The molecule has 1 aromatic carbocycles. The number of halogens is 2. The van der Waals surface area contributed by atoms with Crippen molar-refractivity contribution in [3.05, 3.63) is 34.9 Å². The van der Waals surface area contributed by atoms with Gasteiger partial charge in [-0.2, -0.15) is 0 Å². The largest absolute Gasteiger partial charge is 0.317 e. The minimum atomic E-state index is -0.952. The van der Waals surface area contributed by atoms with E-state index >= 15 is 0 Å². The molecular formula is C9H11ClFN. The SMILES string of the molecule is CNC[C@H](F)c1ccc(Cl)cc1. The highest BCUT2D eigenvalue weighted by atomic mass is 35.5. The maximum Gasteiger partial charge on any atom is 0.137 e. The molecule has 1 aromatic rings. The Labute approximate surface area is 76.5 Å². The van der Waals surface area contributed by atoms with Crippen LogP contribution in [0.15, 0.2) is 24.3 Å². The fourth-order valence-corrected chi connectivity index (χ4v) is 1.09. The first-order valence-electron chi connectivity index (χ1n) is 3.78. The first-order chi connectivity index (χ1) is 5.74. The lowest BCUT2D eigenvalue weighted by Crippen LogP contribution is -2.13. The maximum atomic E-state index is 13.2. The molecule has 0 heterocycles. The topological polar surface area (TPSA) is 12.0 Å². The van der Waals surface area contributed by atoms with Crippen molar-refractivity contribution in [3.63, 3.8) is 0 Å². The highest BCUT2D eigenvalue weighted by Crippen LogP contribution is 2.18. The molecule has 1 N–H and O–H groups in total. The highest BCUT2D eigenvalue weighted by molar-refractivity contribution is 6.30. The molecule has 0 aliphatic rings. The Balaban J connectivity index is 2.68. The smallest absolute Gasteiger partial charge is 0.137 e. The van der Waals surface area contributed by atoms with Crippen LogP contribution in [0.3, 0.4) is 0 Å². The van der Waals surface area contributed by atoms with E-state index in [9.17, 15) is 4.39 Å². The molecule has 0 radical (unpaired) electrons. The number of alkyl halides is 1. The van der Waals surface area contributed by atoms with Crippen molar-refractivity contribution in [1.29, 1.82) is 0 Å². The van der Waals surface area contributed by atoms with Crippen molar-refractivity contribution in [2.45, 2.75) is 6.17 Å². The van der Waals surface area contributed by atoms with Crippen LogP contribution in [0.2, 0.25) is 5.02 Å². The van der Waals surface area contributed by atoms with Crippen molar-refractivity contribution >= 4 is 11.6 Å². The molecular weight excluding hydrogens is 177 g/mol. The summed E-state index contributed by atoms with van der Waals surface area (Å²) in [6, 6.07) is 6.78. The van der Waals surface area contributed by atoms with E-state index in [1.165, 1.54) is 0 Å². The second-order valence-corrected chi connectivity index (χ2v) is 3.01. The van der Waals surface area contributed by atoms with Crippen LogP contribution in [0, 0.1) is 0 Å². The van der Waals surface area contributed by atoms with Crippen molar-refractivity contribution in [1.82, 2.24) is 5.32 Å². The fourth-order valence-electron chi connectivity index (χ4n) is 0.969. The molecule has 1 atom stereocenters. The average molecular weight is 188 g/mol. The second-order valence-electron chi connectivity index (χ2n) is 2.58. The van der Waals surface area contributed by atoms with E-state index in [-0.39, 0.29) is 0 Å². The van der Waals surface area contributed by atoms with Gasteiger partial charge in [0.1, 0.15) is 6.17 Å². The van der Waals surface area contributed by atoms with Crippen LogP contribution >= 0.6 is 11.6 Å². The van der Waals surface area contributed by atoms with E-state index in [0.29, 0.717) is 17.1 Å². The molecule has 0 fully saturated rings. The summed E-state index contributed by atoms with van der Waals surface area (Å²) in [4.78, 5) is 0. The monoisotopic (exact) mass is 187 g/mol. The Morgan fingerprint density at radius 2 is 2.00 bits per heavy atom. The Morgan fingerprint density at radius 1 is 1.42 bits per heavy atom. The van der Waals surface area contributed by atoms with Gasteiger partial charge in [-0.05, 0) is 24.7 Å². The number of benzene rings is 1. The van der Waals surface area contributed by atoms with Gasteiger partial charge in [0.15, 0.2) is 0 Å². The molecule has 0 saturated heterocycles. The maximum absolute atomic E-state index is 13.2. The lowest BCUT2D eigenvalue weighted by Gasteiger charge is -2.06. The van der Waals surface area contributed by atoms with Gasteiger partial charge in [-0.1, -0.05) is 23.7 Å². The molecule has 66 valence electrons. The normalized spacial score (nSPS) is 12.9. The van der Waals surface area contributed by atoms with Crippen LogP contribution < -0.4 is 5.32 Å². The van der Waals surface area contributed by atoms with Crippen LogP contribution in [0.4, 0.5) is 4.39 Å². The number of likely N-dealkylation sites (N-methyl/N-ethyl adjacent to an activating group) is 1. The van der Waals surface area contributed by atoms with E-state index in [1.54, 1.807) is 31.3 Å². The Morgan fingerprint density at radius 3 is 2.50 bits per heavy atom. The summed E-state index contributed by atoms with van der Waals surface area (Å²) in [6.07, 6.45) is -0.952. The van der Waals surface area contributed by atoms with E-state index < -0.39 is 6.17 Å². The third-order valence-corrected chi connectivity index (χ3v) is 1.87. The summed E-state index contributed by atoms with van der Waals surface area (Å²) >= 11 is 5.66. The Bertz CT molecular complexity index is 235. The molecule has 1 nitrogen and oxygen atoms in total. The van der Waals surface area contributed by atoms with Gasteiger partial charge >= 0.3 is 0 Å². The molecule has 0 amide bonds.